The topological polar surface area (TPSA) is 30.2 Å². The molecule has 0 spiro atoms. The summed E-state index contributed by atoms with van der Waals surface area (Å²) in [4.78, 5) is 10.5. The average Bonchev–Trinajstić information content (AvgIpc) is 3.74. The molecule has 1 atom stereocenters. The summed E-state index contributed by atoms with van der Waals surface area (Å²) in [6.07, 6.45) is 1.96. The van der Waals surface area contributed by atoms with Gasteiger partial charge < -0.3 is 4.57 Å². The molecule has 0 saturated carbocycles. The van der Waals surface area contributed by atoms with Crippen molar-refractivity contribution >= 4 is 38.6 Å². The number of aromatic nitrogens is 2. The normalized spacial score (nSPS) is 15.1. The molecule has 5 aromatic carbocycles. The standard InChI is InChI=1S/C49H49N3S/c1-31-19-20-44-40(23-31)41-24-32(2)39(42-28-36(21-22-50-42)48(3,4)5)29-45(41)52(44)38-26-35(25-37(27-38)49(6,7)8)47-51-43(30-53-47)46(33-15-11-9-12-16-33)34-17-13-10-14-18-34/h9-29,43,46H,30H2,1-8H3/t43-/m0/s1. The molecule has 0 bridgehead atoms. The highest BCUT2D eigenvalue weighted by Crippen LogP contribution is 2.41. The number of fused-ring (bicyclic) bond motifs is 3. The summed E-state index contributed by atoms with van der Waals surface area (Å²) in [7, 11) is 0. The van der Waals surface area contributed by atoms with E-state index in [1.54, 1.807) is 0 Å². The Kier molecular flexibility index (Phi) is 8.94. The van der Waals surface area contributed by atoms with Crippen molar-refractivity contribution in [3.63, 3.8) is 0 Å². The monoisotopic (exact) mass is 711 g/mol. The molecule has 53 heavy (non-hydrogen) atoms. The molecule has 4 heteroatoms. The number of benzene rings is 5. The van der Waals surface area contributed by atoms with Gasteiger partial charge in [0.1, 0.15) is 0 Å². The van der Waals surface area contributed by atoms with Gasteiger partial charge in [0.25, 0.3) is 0 Å². The molecule has 1 aliphatic rings. The number of hydrogen-bond donors (Lipinski definition) is 0. The van der Waals surface area contributed by atoms with Gasteiger partial charge in [-0.1, -0.05) is 114 Å². The Morgan fingerprint density at radius 1 is 0.660 bits per heavy atom. The van der Waals surface area contributed by atoms with Crippen LogP contribution in [0.5, 0.6) is 0 Å². The SMILES string of the molecule is Cc1ccc2c(c1)c1cc(C)c(-c3cc(C(C)(C)C)ccn3)cc1n2-c1cc(C2=N[C@H](C(c3ccccc3)c3ccccc3)CS2)cc(C(C)(C)C)c1. The smallest absolute Gasteiger partial charge is 0.0982 e. The molecule has 0 unspecified atom stereocenters. The predicted molar refractivity (Wildman–Crippen MR) is 228 cm³/mol. The van der Waals surface area contributed by atoms with E-state index >= 15 is 0 Å². The van der Waals surface area contributed by atoms with E-state index in [9.17, 15) is 0 Å². The van der Waals surface area contributed by atoms with Gasteiger partial charge in [0.05, 0.1) is 27.8 Å². The summed E-state index contributed by atoms with van der Waals surface area (Å²) in [5.74, 6) is 1.14. The van der Waals surface area contributed by atoms with Crippen LogP contribution < -0.4 is 0 Å². The van der Waals surface area contributed by atoms with Gasteiger partial charge >= 0.3 is 0 Å². The van der Waals surface area contributed by atoms with Crippen LogP contribution in [-0.2, 0) is 10.8 Å². The second-order valence-electron chi connectivity index (χ2n) is 16.9. The number of thioether (sulfide) groups is 1. The van der Waals surface area contributed by atoms with Crippen LogP contribution in [0.1, 0.15) is 86.4 Å². The molecule has 3 nitrogen and oxygen atoms in total. The summed E-state index contributed by atoms with van der Waals surface area (Å²) in [6.45, 7) is 18.1. The molecule has 0 saturated heterocycles. The molecular weight excluding hydrogens is 663 g/mol. The zero-order chi connectivity index (χ0) is 37.1. The molecule has 0 radical (unpaired) electrons. The highest BCUT2D eigenvalue weighted by Gasteiger charge is 2.31. The first kappa shape index (κ1) is 35.1. The molecule has 2 aromatic heterocycles. The van der Waals surface area contributed by atoms with E-state index in [1.165, 1.54) is 66.3 Å². The van der Waals surface area contributed by atoms with Crippen molar-refractivity contribution in [3.8, 4) is 16.9 Å². The number of aryl methyl sites for hydroxylation is 2. The molecule has 8 rings (SSSR count). The number of nitrogens with zero attached hydrogens (tertiary/aromatic N) is 3. The molecule has 1 aliphatic heterocycles. The van der Waals surface area contributed by atoms with Gasteiger partial charge in [0.15, 0.2) is 0 Å². The summed E-state index contributed by atoms with van der Waals surface area (Å²) < 4.78 is 2.48. The van der Waals surface area contributed by atoms with E-state index in [0.717, 1.165) is 22.2 Å². The lowest BCUT2D eigenvalue weighted by Gasteiger charge is -2.23. The van der Waals surface area contributed by atoms with Crippen LogP contribution in [-0.4, -0.2) is 26.4 Å². The van der Waals surface area contributed by atoms with Gasteiger partial charge in [-0.05, 0) is 107 Å². The highest BCUT2D eigenvalue weighted by molar-refractivity contribution is 8.14. The average molecular weight is 712 g/mol. The van der Waals surface area contributed by atoms with Crippen LogP contribution in [0.3, 0.4) is 0 Å². The first-order chi connectivity index (χ1) is 25.3. The van der Waals surface area contributed by atoms with Crippen molar-refractivity contribution in [1.82, 2.24) is 9.55 Å². The molecule has 266 valence electrons. The van der Waals surface area contributed by atoms with Crippen LogP contribution >= 0.6 is 11.8 Å². The van der Waals surface area contributed by atoms with E-state index in [-0.39, 0.29) is 22.8 Å². The van der Waals surface area contributed by atoms with Crippen LogP contribution in [0, 0.1) is 13.8 Å². The maximum atomic E-state index is 5.55. The Hall–Kier alpha value is -4.93. The fourth-order valence-corrected chi connectivity index (χ4v) is 8.95. The Morgan fingerprint density at radius 3 is 1.98 bits per heavy atom. The van der Waals surface area contributed by atoms with Gasteiger partial charge in [-0.3, -0.25) is 9.98 Å². The van der Waals surface area contributed by atoms with Crippen molar-refractivity contribution in [2.45, 2.75) is 78.2 Å². The maximum absolute atomic E-state index is 5.55. The quantitative estimate of drug-likeness (QED) is 0.172. The minimum Gasteiger partial charge on any atom is -0.309 e. The summed E-state index contributed by atoms with van der Waals surface area (Å²) >= 11 is 1.89. The van der Waals surface area contributed by atoms with Crippen LogP contribution in [0.25, 0.3) is 38.8 Å². The second kappa shape index (κ2) is 13.5. The summed E-state index contributed by atoms with van der Waals surface area (Å²) in [6, 6.07) is 45.1. The first-order valence-corrected chi connectivity index (χ1v) is 19.8. The lowest BCUT2D eigenvalue weighted by Crippen LogP contribution is -2.18. The van der Waals surface area contributed by atoms with E-state index < -0.39 is 0 Å². The van der Waals surface area contributed by atoms with E-state index in [1.807, 2.05) is 18.0 Å². The minimum atomic E-state index is -0.0565. The number of aliphatic imine (C=N–C) groups is 1. The molecule has 0 fully saturated rings. The second-order valence-corrected chi connectivity index (χ2v) is 17.9. The highest BCUT2D eigenvalue weighted by atomic mass is 32.2. The summed E-state index contributed by atoms with van der Waals surface area (Å²) in [5.41, 5.74) is 14.6. The van der Waals surface area contributed by atoms with Crippen molar-refractivity contribution < 1.29 is 0 Å². The van der Waals surface area contributed by atoms with E-state index in [0.29, 0.717) is 0 Å². The van der Waals surface area contributed by atoms with Gasteiger partial charge in [-0.25, -0.2) is 0 Å². The third-order valence-corrected chi connectivity index (χ3v) is 12.0. The molecule has 0 amide bonds. The number of rotatable bonds is 6. The van der Waals surface area contributed by atoms with Crippen molar-refractivity contribution in [3.05, 3.63) is 166 Å². The van der Waals surface area contributed by atoms with Crippen LogP contribution in [0.2, 0.25) is 0 Å². The Bertz CT molecular complexity index is 2450. The van der Waals surface area contributed by atoms with E-state index in [4.69, 9.17) is 9.98 Å². The van der Waals surface area contributed by atoms with Crippen LogP contribution in [0.15, 0.2) is 133 Å². The van der Waals surface area contributed by atoms with E-state index in [2.05, 4.69) is 181 Å². The molecular formula is C49H49N3S. The van der Waals surface area contributed by atoms with Crippen molar-refractivity contribution in [2.75, 3.05) is 5.75 Å². The third-order valence-electron chi connectivity index (χ3n) is 10.8. The fourth-order valence-electron chi connectivity index (χ4n) is 7.86. The van der Waals surface area contributed by atoms with Crippen molar-refractivity contribution in [2.24, 2.45) is 4.99 Å². The maximum Gasteiger partial charge on any atom is 0.0982 e. The summed E-state index contributed by atoms with van der Waals surface area (Å²) in [5, 5.41) is 3.66. The fraction of sp³-hybridized carbons (Fsp3) is 0.265. The molecule has 7 aromatic rings. The van der Waals surface area contributed by atoms with Gasteiger partial charge in [0.2, 0.25) is 0 Å². The van der Waals surface area contributed by atoms with Crippen LogP contribution in [0.4, 0.5) is 0 Å². The van der Waals surface area contributed by atoms with Gasteiger partial charge in [-0.15, -0.1) is 11.8 Å². The number of pyridine rings is 1. The lowest BCUT2D eigenvalue weighted by atomic mass is 9.85. The number of hydrogen-bond acceptors (Lipinski definition) is 3. The molecule has 3 heterocycles. The Balaban J connectivity index is 1.32. The Labute approximate surface area is 319 Å². The third kappa shape index (κ3) is 6.74. The van der Waals surface area contributed by atoms with Gasteiger partial charge in [-0.2, -0.15) is 0 Å². The van der Waals surface area contributed by atoms with Gasteiger partial charge in [0, 0.05) is 45.5 Å². The largest absolute Gasteiger partial charge is 0.309 e. The zero-order valence-electron chi connectivity index (χ0n) is 32.2. The molecule has 0 N–H and O–H groups in total. The lowest BCUT2D eigenvalue weighted by molar-refractivity contribution is 0.589. The minimum absolute atomic E-state index is 0.0358. The predicted octanol–water partition coefficient (Wildman–Crippen LogP) is 12.8. The van der Waals surface area contributed by atoms with Crippen molar-refractivity contribution in [1.29, 1.82) is 0 Å². The Morgan fingerprint density at radius 2 is 1.32 bits per heavy atom. The molecule has 0 aliphatic carbocycles. The zero-order valence-corrected chi connectivity index (χ0v) is 33.1. The first-order valence-electron chi connectivity index (χ1n) is 18.8.